The van der Waals surface area contributed by atoms with Crippen LogP contribution in [-0.2, 0) is 9.31 Å². The van der Waals surface area contributed by atoms with E-state index in [0.29, 0.717) is 0 Å². The van der Waals surface area contributed by atoms with Gasteiger partial charge in [0.2, 0.25) is 0 Å². The maximum atomic E-state index is 5.94. The van der Waals surface area contributed by atoms with Crippen LogP contribution in [0.1, 0.15) is 40.5 Å². The van der Waals surface area contributed by atoms with Crippen molar-refractivity contribution in [1.82, 2.24) is 4.90 Å². The van der Waals surface area contributed by atoms with Gasteiger partial charge in [0.15, 0.2) is 0 Å². The van der Waals surface area contributed by atoms with E-state index in [0.717, 1.165) is 37.2 Å². The summed E-state index contributed by atoms with van der Waals surface area (Å²) >= 11 is 0. The average molecular weight is 325 g/mol. The Morgan fingerprint density at radius 1 is 0.958 bits per heavy atom. The van der Waals surface area contributed by atoms with Crippen molar-refractivity contribution in [3.05, 3.63) is 48.6 Å². The lowest BCUT2D eigenvalue weighted by molar-refractivity contribution is 0.00578. The smallest absolute Gasteiger partial charge is 0.400 e. The summed E-state index contributed by atoms with van der Waals surface area (Å²) in [5.74, 6) is 8.21. The molecule has 2 aliphatic rings. The molecule has 2 rings (SSSR count). The molecule has 0 unspecified atom stereocenters. The highest BCUT2D eigenvalue weighted by molar-refractivity contribution is 6.51. The first-order valence-electron chi connectivity index (χ1n) is 8.52. The Morgan fingerprint density at radius 3 is 2.04 bits per heavy atom. The maximum absolute atomic E-state index is 5.94. The van der Waals surface area contributed by atoms with Gasteiger partial charge in [0, 0.05) is 31.6 Å². The Morgan fingerprint density at radius 2 is 1.50 bits per heavy atom. The van der Waals surface area contributed by atoms with E-state index >= 15 is 0 Å². The molecular formula is C20H28BNO2. The van der Waals surface area contributed by atoms with Crippen molar-refractivity contribution in [2.75, 3.05) is 13.1 Å². The van der Waals surface area contributed by atoms with Crippen molar-refractivity contribution in [3.8, 4) is 11.8 Å². The molecule has 0 N–H and O–H groups in total. The monoisotopic (exact) mass is 325 g/mol. The fourth-order valence-corrected chi connectivity index (χ4v) is 2.49. The number of hydrogen-bond donors (Lipinski definition) is 0. The number of nitrogens with zero attached hydrogens (tertiary/aromatic N) is 1. The third-order valence-electron chi connectivity index (χ3n) is 4.77. The molecule has 0 aromatic rings. The lowest BCUT2D eigenvalue weighted by Crippen LogP contribution is -2.41. The van der Waals surface area contributed by atoms with E-state index in [4.69, 9.17) is 9.31 Å². The van der Waals surface area contributed by atoms with Crippen molar-refractivity contribution in [2.24, 2.45) is 0 Å². The molecule has 0 bridgehead atoms. The second kappa shape index (κ2) is 7.46. The molecule has 2 heterocycles. The first kappa shape index (κ1) is 18.6. The van der Waals surface area contributed by atoms with Gasteiger partial charge in [-0.1, -0.05) is 31.3 Å². The summed E-state index contributed by atoms with van der Waals surface area (Å²) in [5.41, 5.74) is 1.24. The van der Waals surface area contributed by atoms with Gasteiger partial charge in [0.1, 0.15) is 0 Å². The molecule has 0 aromatic heterocycles. The molecule has 0 atom stereocenters. The highest BCUT2D eigenvalue weighted by atomic mass is 16.7. The average Bonchev–Trinajstić information content (AvgIpc) is 2.70. The number of rotatable bonds is 5. The van der Waals surface area contributed by atoms with Gasteiger partial charge in [-0.15, -0.1) is 11.8 Å². The molecule has 2 aliphatic heterocycles. The molecule has 4 heteroatoms. The SMILES string of the molecule is C=C(/C=C\C(=C)N1CCC#CCC1)/C=C/B1OC(C)(C)C(C)(C)O1. The predicted molar refractivity (Wildman–Crippen MR) is 101 cm³/mol. The minimum atomic E-state index is -0.342. The Hall–Kier alpha value is -1.70. The Bertz CT molecular complexity index is 591. The van der Waals surface area contributed by atoms with Crippen LogP contribution >= 0.6 is 0 Å². The summed E-state index contributed by atoms with van der Waals surface area (Å²) in [6.07, 6.45) is 7.70. The van der Waals surface area contributed by atoms with Crippen LogP contribution in [-0.4, -0.2) is 36.3 Å². The molecule has 3 nitrogen and oxygen atoms in total. The van der Waals surface area contributed by atoms with Crippen LogP contribution in [0.15, 0.2) is 48.6 Å². The van der Waals surface area contributed by atoms with Crippen molar-refractivity contribution in [2.45, 2.75) is 51.7 Å². The van der Waals surface area contributed by atoms with Gasteiger partial charge >= 0.3 is 7.12 Å². The molecule has 0 spiro atoms. The second-order valence-electron chi connectivity index (χ2n) is 7.22. The van der Waals surface area contributed by atoms with Crippen molar-refractivity contribution >= 4 is 7.12 Å². The molecule has 0 amide bonds. The Labute approximate surface area is 147 Å². The third-order valence-corrected chi connectivity index (χ3v) is 4.77. The van der Waals surface area contributed by atoms with Crippen LogP contribution < -0.4 is 0 Å². The summed E-state index contributed by atoms with van der Waals surface area (Å²) in [4.78, 5) is 2.24. The van der Waals surface area contributed by atoms with Gasteiger partial charge in [-0.2, -0.15) is 0 Å². The summed E-state index contributed by atoms with van der Waals surface area (Å²) in [6, 6.07) is 0. The normalized spacial score (nSPS) is 22.5. The standard InChI is InChI=1S/C20H28BNO2/c1-17(11-12-18(2)22-15-9-7-8-10-16-22)13-14-21-23-19(3,4)20(5,6)24-21/h11-14H,1-2,9-10,15-16H2,3-6H3/b12-11-,14-13+. The molecule has 24 heavy (non-hydrogen) atoms. The van der Waals surface area contributed by atoms with E-state index in [-0.39, 0.29) is 18.3 Å². The topological polar surface area (TPSA) is 21.7 Å². The van der Waals surface area contributed by atoms with Crippen LogP contribution in [0.25, 0.3) is 0 Å². The minimum Gasteiger partial charge on any atom is -0.400 e. The predicted octanol–water partition coefficient (Wildman–Crippen LogP) is 3.90. The Kier molecular flexibility index (Phi) is 5.80. The Balaban J connectivity index is 1.85. The third kappa shape index (κ3) is 4.66. The fraction of sp³-hybridized carbons (Fsp3) is 0.500. The summed E-state index contributed by atoms with van der Waals surface area (Å²) in [6.45, 7) is 18.2. The molecule has 0 radical (unpaired) electrons. The van der Waals surface area contributed by atoms with E-state index in [9.17, 15) is 0 Å². The maximum Gasteiger partial charge on any atom is 0.487 e. The van der Waals surface area contributed by atoms with Crippen LogP contribution in [0, 0.1) is 11.8 Å². The largest absolute Gasteiger partial charge is 0.487 e. The van der Waals surface area contributed by atoms with Gasteiger partial charge < -0.3 is 14.2 Å². The second-order valence-corrected chi connectivity index (χ2v) is 7.22. The van der Waals surface area contributed by atoms with Crippen LogP contribution in [0.3, 0.4) is 0 Å². The first-order chi connectivity index (χ1) is 11.2. The van der Waals surface area contributed by atoms with Crippen molar-refractivity contribution in [3.63, 3.8) is 0 Å². The quantitative estimate of drug-likeness (QED) is 0.435. The first-order valence-corrected chi connectivity index (χ1v) is 8.52. The van der Waals surface area contributed by atoms with Crippen LogP contribution in [0.4, 0.5) is 0 Å². The molecule has 1 fully saturated rings. The zero-order chi connectivity index (χ0) is 17.8. The molecule has 0 aromatic carbocycles. The van der Waals surface area contributed by atoms with E-state index in [2.05, 4.69) is 29.9 Å². The van der Waals surface area contributed by atoms with E-state index in [1.54, 1.807) is 0 Å². The van der Waals surface area contributed by atoms with Crippen molar-refractivity contribution in [1.29, 1.82) is 0 Å². The molecule has 128 valence electrons. The number of hydrogen-bond acceptors (Lipinski definition) is 3. The highest BCUT2D eigenvalue weighted by Crippen LogP contribution is 2.36. The minimum absolute atomic E-state index is 0.317. The van der Waals surface area contributed by atoms with E-state index < -0.39 is 0 Å². The van der Waals surface area contributed by atoms with Crippen LogP contribution in [0.5, 0.6) is 0 Å². The van der Waals surface area contributed by atoms with Gasteiger partial charge in [0.05, 0.1) is 11.2 Å². The lowest BCUT2D eigenvalue weighted by atomic mass is 9.89. The molecular weight excluding hydrogens is 297 g/mol. The molecule has 1 saturated heterocycles. The fourth-order valence-electron chi connectivity index (χ4n) is 2.49. The van der Waals surface area contributed by atoms with Gasteiger partial charge in [0.25, 0.3) is 0 Å². The zero-order valence-electron chi connectivity index (χ0n) is 15.4. The highest BCUT2D eigenvalue weighted by Gasteiger charge is 2.49. The van der Waals surface area contributed by atoms with Crippen molar-refractivity contribution < 1.29 is 9.31 Å². The summed E-state index contributed by atoms with van der Waals surface area (Å²) in [5, 5.41) is 0. The van der Waals surface area contributed by atoms with Gasteiger partial charge in [-0.3, -0.25) is 0 Å². The zero-order valence-corrected chi connectivity index (χ0v) is 15.4. The van der Waals surface area contributed by atoms with E-state index in [1.807, 2.05) is 51.9 Å². The molecule has 0 aliphatic carbocycles. The van der Waals surface area contributed by atoms with Gasteiger partial charge in [-0.25, -0.2) is 0 Å². The number of allylic oxidation sites excluding steroid dienone is 4. The lowest BCUT2D eigenvalue weighted by Gasteiger charge is -2.32. The molecule has 0 saturated carbocycles. The van der Waals surface area contributed by atoms with E-state index in [1.165, 1.54) is 0 Å². The van der Waals surface area contributed by atoms with Crippen LogP contribution in [0.2, 0.25) is 0 Å². The van der Waals surface area contributed by atoms with Gasteiger partial charge in [-0.05, 0) is 39.3 Å². The summed E-state index contributed by atoms with van der Waals surface area (Å²) < 4.78 is 11.9. The summed E-state index contributed by atoms with van der Waals surface area (Å²) in [7, 11) is -0.342.